The van der Waals surface area contributed by atoms with Gasteiger partial charge in [-0.25, -0.2) is 9.69 Å². The van der Waals surface area contributed by atoms with Crippen molar-refractivity contribution in [2.45, 2.75) is 0 Å². The third-order valence-corrected chi connectivity index (χ3v) is 2.99. The van der Waals surface area contributed by atoms with Gasteiger partial charge in [-0.05, 0) is 42.5 Å². The van der Waals surface area contributed by atoms with Crippen LogP contribution in [0.5, 0.6) is 5.75 Å². The van der Waals surface area contributed by atoms with Gasteiger partial charge in [0.2, 0.25) is 6.41 Å². The maximum Gasteiger partial charge on any atom is 0.332 e. The maximum absolute atomic E-state index is 12.1. The Kier molecular flexibility index (Phi) is 4.79. The number of hydrogen-bond acceptors (Lipinski definition) is 3. The van der Waals surface area contributed by atoms with Crippen LogP contribution in [0.15, 0.2) is 48.5 Å². The van der Waals surface area contributed by atoms with Gasteiger partial charge in [-0.15, -0.1) is 0 Å². The lowest BCUT2D eigenvalue weighted by Gasteiger charge is -2.16. The van der Waals surface area contributed by atoms with Gasteiger partial charge in [0.15, 0.2) is 0 Å². The van der Waals surface area contributed by atoms with Crippen LogP contribution in [0.2, 0.25) is 5.02 Å². The number of imide groups is 1. The van der Waals surface area contributed by atoms with Gasteiger partial charge in [0.25, 0.3) is 0 Å². The Bertz CT molecular complexity index is 644. The molecule has 0 atom stereocenters. The minimum absolute atomic E-state index is 0.392. The normalized spacial score (nSPS) is 9.81. The van der Waals surface area contributed by atoms with Crippen molar-refractivity contribution in [1.29, 1.82) is 0 Å². The van der Waals surface area contributed by atoms with Crippen molar-refractivity contribution in [1.82, 2.24) is 0 Å². The molecule has 2 aromatic rings. The molecule has 0 aliphatic heterocycles. The van der Waals surface area contributed by atoms with E-state index in [1.54, 1.807) is 49.6 Å². The van der Waals surface area contributed by atoms with E-state index in [1.165, 1.54) is 6.07 Å². The lowest BCUT2D eigenvalue weighted by molar-refractivity contribution is -0.106. The molecule has 0 aliphatic rings. The number of hydrogen-bond donors (Lipinski definition) is 1. The molecule has 0 aliphatic carbocycles. The minimum atomic E-state index is -0.572. The lowest BCUT2D eigenvalue weighted by atomic mass is 10.3. The van der Waals surface area contributed by atoms with Crippen molar-refractivity contribution >= 4 is 35.4 Å². The molecule has 2 rings (SSSR count). The highest BCUT2D eigenvalue weighted by Gasteiger charge is 2.15. The number of methoxy groups -OCH3 is 1. The molecule has 0 saturated carbocycles. The maximum atomic E-state index is 12.1. The molecule has 21 heavy (non-hydrogen) atoms. The number of carbonyl (C=O) groups excluding carboxylic acids is 2. The average molecular weight is 305 g/mol. The van der Waals surface area contributed by atoms with Gasteiger partial charge in [-0.2, -0.15) is 0 Å². The average Bonchev–Trinajstić information content (AvgIpc) is 2.49. The largest absolute Gasteiger partial charge is 0.497 e. The highest BCUT2D eigenvalue weighted by atomic mass is 35.5. The van der Waals surface area contributed by atoms with E-state index in [-0.39, 0.29) is 0 Å². The van der Waals surface area contributed by atoms with E-state index in [0.717, 1.165) is 4.90 Å². The fourth-order valence-corrected chi connectivity index (χ4v) is 1.89. The van der Waals surface area contributed by atoms with Crippen molar-refractivity contribution in [2.75, 3.05) is 17.3 Å². The van der Waals surface area contributed by atoms with Gasteiger partial charge in [-0.3, -0.25) is 4.79 Å². The second-order valence-electron chi connectivity index (χ2n) is 4.11. The van der Waals surface area contributed by atoms with E-state index >= 15 is 0 Å². The van der Waals surface area contributed by atoms with Crippen LogP contribution in [-0.4, -0.2) is 19.6 Å². The highest BCUT2D eigenvalue weighted by Crippen LogP contribution is 2.20. The second kappa shape index (κ2) is 6.76. The van der Waals surface area contributed by atoms with Crippen molar-refractivity contribution in [3.63, 3.8) is 0 Å². The zero-order valence-electron chi connectivity index (χ0n) is 11.2. The van der Waals surface area contributed by atoms with Crippen LogP contribution in [0.1, 0.15) is 0 Å². The van der Waals surface area contributed by atoms with Crippen LogP contribution in [0, 0.1) is 0 Å². The summed E-state index contributed by atoms with van der Waals surface area (Å²) in [6.45, 7) is 0. The molecule has 108 valence electrons. The molecule has 5 nitrogen and oxygen atoms in total. The molecular weight excluding hydrogens is 292 g/mol. The number of ether oxygens (including phenoxy) is 1. The van der Waals surface area contributed by atoms with Crippen LogP contribution >= 0.6 is 11.6 Å². The SMILES string of the molecule is COc1ccc(NC(=O)N(C=O)c2cccc(Cl)c2)cc1. The number of rotatable bonds is 4. The molecular formula is C15H13ClN2O3. The Morgan fingerprint density at radius 3 is 2.52 bits per heavy atom. The Labute approximate surface area is 127 Å². The Balaban J connectivity index is 2.14. The quantitative estimate of drug-likeness (QED) is 0.879. The minimum Gasteiger partial charge on any atom is -0.497 e. The zero-order valence-corrected chi connectivity index (χ0v) is 12.0. The standard InChI is InChI=1S/C15H13ClN2O3/c1-21-14-7-5-12(6-8-14)17-15(20)18(10-19)13-4-2-3-11(16)9-13/h2-10H,1H3,(H,17,20). The molecule has 0 aromatic heterocycles. The summed E-state index contributed by atoms with van der Waals surface area (Å²) >= 11 is 5.86. The van der Waals surface area contributed by atoms with Crippen LogP contribution in [0.3, 0.4) is 0 Å². The first-order valence-electron chi connectivity index (χ1n) is 6.09. The van der Waals surface area contributed by atoms with E-state index in [2.05, 4.69) is 5.32 Å². The fraction of sp³-hybridized carbons (Fsp3) is 0.0667. The summed E-state index contributed by atoms with van der Waals surface area (Å²) in [6, 6.07) is 12.7. The number of nitrogens with one attached hydrogen (secondary N) is 1. The number of nitrogens with zero attached hydrogens (tertiary/aromatic N) is 1. The van der Waals surface area contributed by atoms with Crippen LogP contribution in [-0.2, 0) is 4.79 Å². The van der Waals surface area contributed by atoms with Crippen LogP contribution in [0.25, 0.3) is 0 Å². The number of anilines is 2. The molecule has 0 radical (unpaired) electrons. The van der Waals surface area contributed by atoms with Crippen LogP contribution in [0.4, 0.5) is 16.2 Å². The summed E-state index contributed by atoms with van der Waals surface area (Å²) in [5.41, 5.74) is 0.943. The van der Waals surface area contributed by atoms with Gasteiger partial charge >= 0.3 is 6.03 Å². The predicted molar refractivity (Wildman–Crippen MR) is 82.0 cm³/mol. The summed E-state index contributed by atoms with van der Waals surface area (Å²) in [7, 11) is 1.56. The number of urea groups is 1. The fourth-order valence-electron chi connectivity index (χ4n) is 1.71. The predicted octanol–water partition coefficient (Wildman–Crippen LogP) is 3.54. The molecule has 0 bridgehead atoms. The van der Waals surface area contributed by atoms with Crippen molar-refractivity contribution < 1.29 is 14.3 Å². The molecule has 0 unspecified atom stereocenters. The van der Waals surface area contributed by atoms with Crippen LogP contribution < -0.4 is 15.0 Å². The monoisotopic (exact) mass is 304 g/mol. The van der Waals surface area contributed by atoms with E-state index < -0.39 is 6.03 Å². The lowest BCUT2D eigenvalue weighted by Crippen LogP contribution is -2.33. The van der Waals surface area contributed by atoms with Crippen molar-refractivity contribution in [2.24, 2.45) is 0 Å². The summed E-state index contributed by atoms with van der Waals surface area (Å²) in [4.78, 5) is 24.2. The Morgan fingerprint density at radius 1 is 1.24 bits per heavy atom. The highest BCUT2D eigenvalue weighted by molar-refractivity contribution is 6.31. The second-order valence-corrected chi connectivity index (χ2v) is 4.55. The van der Waals surface area contributed by atoms with Gasteiger partial charge < -0.3 is 10.1 Å². The number of amides is 3. The van der Waals surface area contributed by atoms with E-state index in [0.29, 0.717) is 28.6 Å². The summed E-state index contributed by atoms with van der Waals surface area (Å²) < 4.78 is 5.03. The Morgan fingerprint density at radius 2 is 1.95 bits per heavy atom. The number of benzene rings is 2. The first-order valence-corrected chi connectivity index (χ1v) is 6.47. The van der Waals surface area contributed by atoms with Crippen molar-refractivity contribution in [3.05, 3.63) is 53.6 Å². The van der Waals surface area contributed by atoms with E-state index in [1.807, 2.05) is 0 Å². The number of halogens is 1. The van der Waals surface area contributed by atoms with Gasteiger partial charge in [0.05, 0.1) is 12.8 Å². The molecule has 1 N–H and O–H groups in total. The third kappa shape index (κ3) is 3.73. The van der Waals surface area contributed by atoms with E-state index in [4.69, 9.17) is 16.3 Å². The Hall–Kier alpha value is -2.53. The summed E-state index contributed by atoms with van der Waals surface area (Å²) in [5, 5.41) is 3.06. The molecule has 3 amide bonds. The smallest absolute Gasteiger partial charge is 0.332 e. The summed E-state index contributed by atoms with van der Waals surface area (Å²) in [6.07, 6.45) is 0.435. The van der Waals surface area contributed by atoms with E-state index in [9.17, 15) is 9.59 Å². The first-order chi connectivity index (χ1) is 10.1. The molecule has 0 spiro atoms. The summed E-state index contributed by atoms with van der Waals surface area (Å²) in [5.74, 6) is 0.676. The van der Waals surface area contributed by atoms with Gasteiger partial charge in [0, 0.05) is 10.7 Å². The molecule has 0 heterocycles. The zero-order chi connectivity index (χ0) is 15.2. The molecule has 6 heteroatoms. The van der Waals surface area contributed by atoms with Gasteiger partial charge in [0.1, 0.15) is 5.75 Å². The molecule has 0 saturated heterocycles. The molecule has 2 aromatic carbocycles. The topological polar surface area (TPSA) is 58.6 Å². The third-order valence-electron chi connectivity index (χ3n) is 2.75. The molecule has 0 fully saturated rings. The van der Waals surface area contributed by atoms with Crippen molar-refractivity contribution in [3.8, 4) is 5.75 Å². The number of carbonyl (C=O) groups is 2. The van der Waals surface area contributed by atoms with Gasteiger partial charge in [-0.1, -0.05) is 17.7 Å². The first kappa shape index (κ1) is 14.9.